The fourth-order valence-corrected chi connectivity index (χ4v) is 4.60. The molecule has 20 heavy (non-hydrogen) atoms. The lowest BCUT2D eigenvalue weighted by atomic mass is 9.68. The van der Waals surface area contributed by atoms with E-state index in [0.717, 1.165) is 30.2 Å². The predicted molar refractivity (Wildman–Crippen MR) is 88.3 cm³/mol. The molecular weight excluding hydrogens is 336 g/mol. The van der Waals surface area contributed by atoms with Crippen LogP contribution in [-0.2, 0) is 11.2 Å². The largest absolute Gasteiger partial charge is 0.390 e. The van der Waals surface area contributed by atoms with Crippen molar-refractivity contribution in [3.05, 3.63) is 20.8 Å². The van der Waals surface area contributed by atoms with Crippen molar-refractivity contribution >= 4 is 27.3 Å². The zero-order valence-electron chi connectivity index (χ0n) is 12.6. The number of hydrogen-bond acceptors (Lipinski definition) is 3. The van der Waals surface area contributed by atoms with Crippen LogP contribution in [0.15, 0.2) is 15.9 Å². The fraction of sp³-hybridized carbons (Fsp3) is 0.750. The SMILES string of the molecule is CCOC1(C(O)Cc2sccc2Br)CCC(C)(C)CC1. The molecule has 4 heteroatoms. The van der Waals surface area contributed by atoms with Crippen molar-refractivity contribution < 1.29 is 9.84 Å². The van der Waals surface area contributed by atoms with E-state index in [2.05, 4.69) is 35.2 Å². The van der Waals surface area contributed by atoms with Gasteiger partial charge in [-0.05, 0) is 65.4 Å². The van der Waals surface area contributed by atoms with Crippen LogP contribution >= 0.6 is 27.3 Å². The van der Waals surface area contributed by atoms with E-state index in [1.54, 1.807) is 11.3 Å². The molecule has 0 radical (unpaired) electrons. The molecule has 114 valence electrons. The lowest BCUT2D eigenvalue weighted by Crippen LogP contribution is -2.50. The predicted octanol–water partition coefficient (Wildman–Crippen LogP) is 4.79. The van der Waals surface area contributed by atoms with E-state index < -0.39 is 6.10 Å². The van der Waals surface area contributed by atoms with Gasteiger partial charge in [-0.15, -0.1) is 11.3 Å². The van der Waals surface area contributed by atoms with Crippen LogP contribution in [0.1, 0.15) is 51.3 Å². The van der Waals surface area contributed by atoms with Gasteiger partial charge in [0.1, 0.15) is 0 Å². The van der Waals surface area contributed by atoms with E-state index in [-0.39, 0.29) is 5.60 Å². The Balaban J connectivity index is 2.10. The molecule has 0 saturated heterocycles. The molecule has 1 saturated carbocycles. The highest BCUT2D eigenvalue weighted by atomic mass is 79.9. The third kappa shape index (κ3) is 3.65. The zero-order valence-corrected chi connectivity index (χ0v) is 15.0. The average Bonchev–Trinajstić information content (AvgIpc) is 2.78. The summed E-state index contributed by atoms with van der Waals surface area (Å²) in [6, 6.07) is 2.05. The molecule has 0 bridgehead atoms. The van der Waals surface area contributed by atoms with Crippen molar-refractivity contribution in [2.45, 2.75) is 64.6 Å². The van der Waals surface area contributed by atoms with Gasteiger partial charge in [-0.25, -0.2) is 0 Å². The molecule has 2 rings (SSSR count). The summed E-state index contributed by atoms with van der Waals surface area (Å²) in [5.41, 5.74) is 0.0253. The van der Waals surface area contributed by atoms with E-state index >= 15 is 0 Å². The highest BCUT2D eigenvalue weighted by Gasteiger charge is 2.44. The number of thiophene rings is 1. The van der Waals surface area contributed by atoms with Gasteiger partial charge in [0.05, 0.1) is 11.7 Å². The molecule has 1 unspecified atom stereocenters. The molecule has 0 amide bonds. The Morgan fingerprint density at radius 1 is 1.35 bits per heavy atom. The first-order valence-electron chi connectivity index (χ1n) is 7.42. The lowest BCUT2D eigenvalue weighted by Gasteiger charge is -2.45. The number of aliphatic hydroxyl groups is 1. The van der Waals surface area contributed by atoms with E-state index in [4.69, 9.17) is 4.74 Å². The van der Waals surface area contributed by atoms with Gasteiger partial charge in [0.15, 0.2) is 0 Å². The third-order valence-electron chi connectivity index (χ3n) is 4.56. The number of aliphatic hydroxyl groups excluding tert-OH is 1. The fourth-order valence-electron chi connectivity index (χ4n) is 3.04. The normalized spacial score (nSPS) is 22.6. The van der Waals surface area contributed by atoms with Crippen molar-refractivity contribution in [1.29, 1.82) is 0 Å². The minimum Gasteiger partial charge on any atom is -0.390 e. The van der Waals surface area contributed by atoms with Crippen LogP contribution in [0.4, 0.5) is 0 Å². The van der Waals surface area contributed by atoms with Crippen LogP contribution in [0.3, 0.4) is 0 Å². The van der Waals surface area contributed by atoms with Gasteiger partial charge in [0, 0.05) is 22.4 Å². The van der Waals surface area contributed by atoms with Gasteiger partial charge in [-0.1, -0.05) is 13.8 Å². The Labute approximate surface area is 134 Å². The van der Waals surface area contributed by atoms with Crippen LogP contribution in [0.2, 0.25) is 0 Å². The zero-order chi connectivity index (χ0) is 14.8. The first kappa shape index (κ1) is 16.5. The molecule has 1 fully saturated rings. The number of rotatable bonds is 5. The van der Waals surface area contributed by atoms with Gasteiger partial charge >= 0.3 is 0 Å². The van der Waals surface area contributed by atoms with Crippen LogP contribution in [0.25, 0.3) is 0 Å². The molecule has 1 aliphatic rings. The van der Waals surface area contributed by atoms with Gasteiger partial charge < -0.3 is 9.84 Å². The van der Waals surface area contributed by atoms with Gasteiger partial charge in [0.2, 0.25) is 0 Å². The number of ether oxygens (including phenoxy) is 1. The van der Waals surface area contributed by atoms with Crippen molar-refractivity contribution in [3.63, 3.8) is 0 Å². The second kappa shape index (κ2) is 6.47. The average molecular weight is 361 g/mol. The summed E-state index contributed by atoms with van der Waals surface area (Å²) < 4.78 is 7.15. The quantitative estimate of drug-likeness (QED) is 0.817. The summed E-state index contributed by atoms with van der Waals surface area (Å²) in [6.07, 6.45) is 4.41. The van der Waals surface area contributed by atoms with Crippen LogP contribution in [-0.4, -0.2) is 23.4 Å². The lowest BCUT2D eigenvalue weighted by molar-refractivity contribution is -0.150. The van der Waals surface area contributed by atoms with Crippen molar-refractivity contribution in [2.75, 3.05) is 6.61 Å². The summed E-state index contributed by atoms with van der Waals surface area (Å²) in [4.78, 5) is 1.21. The smallest absolute Gasteiger partial charge is 0.0943 e. The minimum absolute atomic E-state index is 0.353. The third-order valence-corrected chi connectivity index (χ3v) is 6.51. The first-order valence-corrected chi connectivity index (χ1v) is 9.10. The maximum atomic E-state index is 10.8. The highest BCUT2D eigenvalue weighted by Crippen LogP contribution is 2.44. The molecule has 1 aliphatic carbocycles. The van der Waals surface area contributed by atoms with E-state index in [0.29, 0.717) is 18.4 Å². The van der Waals surface area contributed by atoms with Crippen molar-refractivity contribution in [3.8, 4) is 0 Å². The molecule has 0 aliphatic heterocycles. The molecule has 1 atom stereocenters. The molecule has 2 nitrogen and oxygen atoms in total. The van der Waals surface area contributed by atoms with E-state index in [9.17, 15) is 5.11 Å². The molecule has 0 spiro atoms. The second-order valence-electron chi connectivity index (χ2n) is 6.57. The Kier molecular flexibility index (Phi) is 5.33. The summed E-state index contributed by atoms with van der Waals surface area (Å²) >= 11 is 5.25. The summed E-state index contributed by atoms with van der Waals surface area (Å²) in [5, 5.41) is 12.8. The summed E-state index contributed by atoms with van der Waals surface area (Å²) in [5.74, 6) is 0. The maximum Gasteiger partial charge on any atom is 0.0943 e. The minimum atomic E-state index is -0.423. The van der Waals surface area contributed by atoms with Crippen LogP contribution in [0.5, 0.6) is 0 Å². The molecule has 1 N–H and O–H groups in total. The summed E-state index contributed by atoms with van der Waals surface area (Å²) in [6.45, 7) is 7.31. The maximum absolute atomic E-state index is 10.8. The van der Waals surface area contributed by atoms with Crippen LogP contribution < -0.4 is 0 Å². The van der Waals surface area contributed by atoms with Crippen molar-refractivity contribution in [1.82, 2.24) is 0 Å². The van der Waals surface area contributed by atoms with Gasteiger partial charge in [-0.3, -0.25) is 0 Å². The number of hydrogen-bond donors (Lipinski definition) is 1. The summed E-state index contributed by atoms with van der Waals surface area (Å²) in [7, 11) is 0. The second-order valence-corrected chi connectivity index (χ2v) is 8.43. The molecule has 0 aromatic carbocycles. The Bertz CT molecular complexity index is 431. The van der Waals surface area contributed by atoms with Gasteiger partial charge in [0.25, 0.3) is 0 Å². The highest BCUT2D eigenvalue weighted by molar-refractivity contribution is 9.10. The van der Waals surface area contributed by atoms with E-state index in [1.165, 1.54) is 4.88 Å². The number of halogens is 1. The molecular formula is C16H25BrO2S. The van der Waals surface area contributed by atoms with Crippen LogP contribution in [0, 0.1) is 5.41 Å². The monoisotopic (exact) mass is 360 g/mol. The van der Waals surface area contributed by atoms with E-state index in [1.807, 2.05) is 13.0 Å². The van der Waals surface area contributed by atoms with Gasteiger partial charge in [-0.2, -0.15) is 0 Å². The Morgan fingerprint density at radius 3 is 2.50 bits per heavy atom. The molecule has 1 aromatic heterocycles. The molecule has 1 aromatic rings. The molecule has 1 heterocycles. The van der Waals surface area contributed by atoms with Crippen molar-refractivity contribution in [2.24, 2.45) is 5.41 Å². The first-order chi connectivity index (χ1) is 9.38. The Hall–Kier alpha value is 0.100. The Morgan fingerprint density at radius 2 is 2.00 bits per heavy atom. The standard InChI is InChI=1S/C16H25BrO2S/c1-4-19-16(8-6-15(2,3)7-9-16)14(18)11-13-12(17)5-10-20-13/h5,10,14,18H,4,6-9,11H2,1-3H3. The topological polar surface area (TPSA) is 29.5 Å².